The average Bonchev–Trinajstić information content (AvgIpc) is 3.00. The predicted octanol–water partition coefficient (Wildman–Crippen LogP) is 2.14. The van der Waals surface area contributed by atoms with Crippen LogP contribution in [0.25, 0.3) is 5.65 Å². The van der Waals surface area contributed by atoms with Crippen molar-refractivity contribution in [2.24, 2.45) is 5.92 Å². The highest BCUT2D eigenvalue weighted by Gasteiger charge is 2.20. The summed E-state index contributed by atoms with van der Waals surface area (Å²) in [6.07, 6.45) is 6.87. The van der Waals surface area contributed by atoms with E-state index in [-0.39, 0.29) is 0 Å². The molecule has 3 nitrogen and oxygen atoms in total. The SMILES string of the molecule is Cc1cccn2c(CNCC3CC3)cnc12. The maximum absolute atomic E-state index is 4.45. The Morgan fingerprint density at radius 3 is 3.19 bits per heavy atom. The molecule has 3 heteroatoms. The molecule has 0 spiro atoms. The Bertz CT molecular complexity index is 497. The van der Waals surface area contributed by atoms with Crippen molar-refractivity contribution in [1.29, 1.82) is 0 Å². The van der Waals surface area contributed by atoms with Gasteiger partial charge in [0.1, 0.15) is 5.65 Å². The highest BCUT2D eigenvalue weighted by Crippen LogP contribution is 2.27. The van der Waals surface area contributed by atoms with Crippen LogP contribution < -0.4 is 5.32 Å². The maximum Gasteiger partial charge on any atom is 0.139 e. The fourth-order valence-corrected chi connectivity index (χ4v) is 2.06. The van der Waals surface area contributed by atoms with Crippen molar-refractivity contribution in [2.45, 2.75) is 26.3 Å². The topological polar surface area (TPSA) is 29.3 Å². The lowest BCUT2D eigenvalue weighted by atomic mass is 10.3. The highest BCUT2D eigenvalue weighted by atomic mass is 15.0. The molecule has 0 atom stereocenters. The number of pyridine rings is 1. The van der Waals surface area contributed by atoms with Crippen LogP contribution in [-0.4, -0.2) is 15.9 Å². The number of hydrogen-bond donors (Lipinski definition) is 1. The third-order valence-electron chi connectivity index (χ3n) is 3.24. The second-order valence-corrected chi connectivity index (χ2v) is 4.71. The largest absolute Gasteiger partial charge is 0.311 e. The number of hydrogen-bond acceptors (Lipinski definition) is 2. The summed E-state index contributed by atoms with van der Waals surface area (Å²) in [5, 5.41) is 3.50. The normalized spacial score (nSPS) is 15.8. The van der Waals surface area contributed by atoms with Gasteiger partial charge in [-0.2, -0.15) is 0 Å². The number of nitrogens with zero attached hydrogens (tertiary/aromatic N) is 2. The van der Waals surface area contributed by atoms with E-state index in [9.17, 15) is 0 Å². The standard InChI is InChI=1S/C13H17N3/c1-10-3-2-6-16-12(9-15-13(10)16)8-14-7-11-4-5-11/h2-3,6,9,11,14H,4-5,7-8H2,1H3. The van der Waals surface area contributed by atoms with Gasteiger partial charge in [0.15, 0.2) is 0 Å². The van der Waals surface area contributed by atoms with Gasteiger partial charge in [0.05, 0.1) is 11.9 Å². The predicted molar refractivity (Wildman–Crippen MR) is 64.4 cm³/mol. The van der Waals surface area contributed by atoms with E-state index in [0.29, 0.717) is 0 Å². The van der Waals surface area contributed by atoms with E-state index in [4.69, 9.17) is 0 Å². The van der Waals surface area contributed by atoms with Crippen LogP contribution in [0.4, 0.5) is 0 Å². The number of rotatable bonds is 4. The zero-order valence-corrected chi connectivity index (χ0v) is 9.61. The molecule has 16 heavy (non-hydrogen) atoms. The summed E-state index contributed by atoms with van der Waals surface area (Å²) in [6, 6.07) is 4.18. The Morgan fingerprint density at radius 1 is 1.50 bits per heavy atom. The van der Waals surface area contributed by atoms with Crippen LogP contribution in [-0.2, 0) is 6.54 Å². The minimum Gasteiger partial charge on any atom is -0.311 e. The second kappa shape index (κ2) is 3.91. The number of aryl methyl sites for hydroxylation is 1. The first-order valence-corrected chi connectivity index (χ1v) is 5.97. The Kier molecular flexibility index (Phi) is 2.40. The zero-order valence-electron chi connectivity index (χ0n) is 9.61. The van der Waals surface area contributed by atoms with Crippen molar-refractivity contribution in [3.63, 3.8) is 0 Å². The molecule has 1 aliphatic rings. The van der Waals surface area contributed by atoms with Crippen molar-refractivity contribution in [1.82, 2.24) is 14.7 Å². The van der Waals surface area contributed by atoms with Gasteiger partial charge in [0.25, 0.3) is 0 Å². The molecule has 0 bridgehead atoms. The summed E-state index contributed by atoms with van der Waals surface area (Å²) < 4.78 is 2.18. The fraction of sp³-hybridized carbons (Fsp3) is 0.462. The van der Waals surface area contributed by atoms with Crippen molar-refractivity contribution >= 4 is 5.65 Å². The summed E-state index contributed by atoms with van der Waals surface area (Å²) in [5.41, 5.74) is 3.56. The van der Waals surface area contributed by atoms with E-state index in [1.165, 1.54) is 24.1 Å². The smallest absolute Gasteiger partial charge is 0.139 e. The van der Waals surface area contributed by atoms with Crippen LogP contribution in [0.2, 0.25) is 0 Å². The van der Waals surface area contributed by atoms with Crippen molar-refractivity contribution < 1.29 is 0 Å². The maximum atomic E-state index is 4.45. The molecule has 1 aliphatic carbocycles. The number of fused-ring (bicyclic) bond motifs is 1. The molecule has 2 heterocycles. The van der Waals surface area contributed by atoms with Crippen molar-refractivity contribution in [2.75, 3.05) is 6.54 Å². The highest BCUT2D eigenvalue weighted by molar-refractivity contribution is 5.48. The zero-order chi connectivity index (χ0) is 11.0. The molecule has 3 rings (SSSR count). The average molecular weight is 215 g/mol. The molecular formula is C13H17N3. The van der Waals surface area contributed by atoms with Gasteiger partial charge in [-0.25, -0.2) is 4.98 Å². The summed E-state index contributed by atoms with van der Waals surface area (Å²) in [6.45, 7) is 4.17. The molecular weight excluding hydrogens is 198 g/mol. The van der Waals surface area contributed by atoms with Gasteiger partial charge in [0.2, 0.25) is 0 Å². The molecule has 0 saturated heterocycles. The number of imidazole rings is 1. The first kappa shape index (κ1) is 9.85. The lowest BCUT2D eigenvalue weighted by molar-refractivity contribution is 0.627. The Balaban J connectivity index is 1.77. The molecule has 0 unspecified atom stereocenters. The molecule has 0 aromatic carbocycles. The van der Waals surface area contributed by atoms with Gasteiger partial charge in [0, 0.05) is 12.7 Å². The van der Waals surface area contributed by atoms with E-state index in [1.807, 2.05) is 6.20 Å². The van der Waals surface area contributed by atoms with Gasteiger partial charge >= 0.3 is 0 Å². The van der Waals surface area contributed by atoms with E-state index < -0.39 is 0 Å². The molecule has 2 aromatic heterocycles. The summed E-state index contributed by atoms with van der Waals surface area (Å²) in [7, 11) is 0. The minimum atomic E-state index is 0.918. The van der Waals surface area contributed by atoms with Gasteiger partial charge in [-0.05, 0) is 43.9 Å². The van der Waals surface area contributed by atoms with Gasteiger partial charge in [-0.15, -0.1) is 0 Å². The molecule has 1 saturated carbocycles. The minimum absolute atomic E-state index is 0.918. The van der Waals surface area contributed by atoms with Gasteiger partial charge in [-0.3, -0.25) is 0 Å². The third-order valence-corrected chi connectivity index (χ3v) is 3.24. The van der Waals surface area contributed by atoms with Crippen LogP contribution in [0, 0.1) is 12.8 Å². The third kappa shape index (κ3) is 1.83. The first-order chi connectivity index (χ1) is 7.84. The summed E-state index contributed by atoms with van der Waals surface area (Å²) in [4.78, 5) is 4.45. The Morgan fingerprint density at radius 2 is 2.38 bits per heavy atom. The fourth-order valence-electron chi connectivity index (χ4n) is 2.06. The van der Waals surface area contributed by atoms with Crippen LogP contribution in [0.15, 0.2) is 24.5 Å². The quantitative estimate of drug-likeness (QED) is 0.846. The van der Waals surface area contributed by atoms with Crippen LogP contribution in [0.5, 0.6) is 0 Å². The van der Waals surface area contributed by atoms with Crippen LogP contribution >= 0.6 is 0 Å². The molecule has 2 aromatic rings. The molecule has 0 aliphatic heterocycles. The summed E-state index contributed by atoms with van der Waals surface area (Å²) in [5.74, 6) is 0.931. The van der Waals surface area contributed by atoms with Crippen LogP contribution in [0.1, 0.15) is 24.1 Å². The van der Waals surface area contributed by atoms with E-state index >= 15 is 0 Å². The number of nitrogens with one attached hydrogen (secondary N) is 1. The molecule has 1 fully saturated rings. The molecule has 1 N–H and O–H groups in total. The van der Waals surface area contributed by atoms with E-state index in [0.717, 1.165) is 24.7 Å². The molecule has 0 amide bonds. The lowest BCUT2D eigenvalue weighted by Crippen LogP contribution is -2.17. The Hall–Kier alpha value is -1.35. The van der Waals surface area contributed by atoms with Gasteiger partial charge < -0.3 is 9.72 Å². The molecule has 0 radical (unpaired) electrons. The molecule has 84 valence electrons. The monoisotopic (exact) mass is 215 g/mol. The second-order valence-electron chi connectivity index (χ2n) is 4.71. The lowest BCUT2D eigenvalue weighted by Gasteiger charge is -2.04. The van der Waals surface area contributed by atoms with E-state index in [1.54, 1.807) is 0 Å². The van der Waals surface area contributed by atoms with Crippen LogP contribution in [0.3, 0.4) is 0 Å². The number of aromatic nitrogens is 2. The summed E-state index contributed by atoms with van der Waals surface area (Å²) >= 11 is 0. The van der Waals surface area contributed by atoms with Crippen molar-refractivity contribution in [3.8, 4) is 0 Å². The Labute approximate surface area is 95.5 Å². The van der Waals surface area contributed by atoms with E-state index in [2.05, 4.69) is 40.0 Å². The van der Waals surface area contributed by atoms with Crippen molar-refractivity contribution in [3.05, 3.63) is 35.8 Å². The first-order valence-electron chi connectivity index (χ1n) is 5.97. The van der Waals surface area contributed by atoms with Gasteiger partial charge in [-0.1, -0.05) is 6.07 Å².